The number of fused-ring (bicyclic) bond motifs is 1. The molecular formula is C20H16N4O. The lowest BCUT2D eigenvalue weighted by Gasteiger charge is -2.17. The Kier molecular flexibility index (Phi) is 3.96. The Labute approximate surface area is 144 Å². The molecule has 0 aliphatic rings. The number of H-pyrrole nitrogens is 1. The highest BCUT2D eigenvalue weighted by molar-refractivity contribution is 5.94. The van der Waals surface area contributed by atoms with Crippen molar-refractivity contribution in [3.05, 3.63) is 96.1 Å². The Morgan fingerprint density at radius 2 is 1.64 bits per heavy atom. The predicted octanol–water partition coefficient (Wildman–Crippen LogP) is 3.48. The zero-order chi connectivity index (χ0) is 17.1. The molecule has 2 heterocycles. The highest BCUT2D eigenvalue weighted by atomic mass is 16.1. The van der Waals surface area contributed by atoms with Crippen molar-refractivity contribution in [2.45, 2.75) is 6.04 Å². The average Bonchev–Trinajstić information content (AvgIpc) is 3.11. The van der Waals surface area contributed by atoms with Gasteiger partial charge in [-0.2, -0.15) is 0 Å². The Morgan fingerprint density at radius 1 is 0.920 bits per heavy atom. The fourth-order valence-corrected chi connectivity index (χ4v) is 2.78. The van der Waals surface area contributed by atoms with Crippen LogP contribution in [0.15, 0.2) is 79.1 Å². The third kappa shape index (κ3) is 3.12. The number of hydrogen-bond donors (Lipinski definition) is 2. The summed E-state index contributed by atoms with van der Waals surface area (Å²) in [6.45, 7) is 0. The number of pyridine rings is 1. The number of carbonyl (C=O) groups excluding carboxylic acids is 1. The molecule has 0 saturated heterocycles. The number of carbonyl (C=O) groups is 1. The van der Waals surface area contributed by atoms with E-state index in [1.807, 2.05) is 54.6 Å². The molecule has 4 rings (SSSR count). The molecule has 2 N–H and O–H groups in total. The van der Waals surface area contributed by atoms with E-state index in [1.165, 1.54) is 0 Å². The molecule has 0 aliphatic carbocycles. The summed E-state index contributed by atoms with van der Waals surface area (Å²) in [5.41, 5.74) is 3.34. The van der Waals surface area contributed by atoms with Gasteiger partial charge in [-0.15, -0.1) is 0 Å². The maximum Gasteiger partial charge on any atom is 0.252 e. The topological polar surface area (TPSA) is 70.7 Å². The summed E-state index contributed by atoms with van der Waals surface area (Å²) < 4.78 is 0. The van der Waals surface area contributed by atoms with E-state index in [0.29, 0.717) is 11.4 Å². The molecule has 2 aromatic carbocycles. The van der Waals surface area contributed by atoms with Gasteiger partial charge in [-0.3, -0.25) is 9.78 Å². The molecule has 2 aromatic heterocycles. The number of aromatic nitrogens is 3. The van der Waals surface area contributed by atoms with Crippen molar-refractivity contribution in [3.8, 4) is 0 Å². The number of amides is 1. The highest BCUT2D eigenvalue weighted by Crippen LogP contribution is 2.23. The molecule has 1 unspecified atom stereocenters. The van der Waals surface area contributed by atoms with Crippen LogP contribution in [-0.4, -0.2) is 20.9 Å². The first-order valence-electron chi connectivity index (χ1n) is 8.02. The van der Waals surface area contributed by atoms with Gasteiger partial charge in [0.1, 0.15) is 11.9 Å². The van der Waals surface area contributed by atoms with Crippen LogP contribution >= 0.6 is 0 Å². The molecule has 5 nitrogen and oxygen atoms in total. The standard InChI is InChI=1S/C20H16N4O/c25-20(15-10-12-21-13-11-15)24-18(14-6-2-1-3-7-14)19-22-16-8-4-5-9-17(16)23-19/h1-13,18H,(H,22,23)(H,24,25). The minimum Gasteiger partial charge on any atom is -0.340 e. The molecule has 25 heavy (non-hydrogen) atoms. The summed E-state index contributed by atoms with van der Waals surface area (Å²) >= 11 is 0. The van der Waals surface area contributed by atoms with E-state index in [0.717, 1.165) is 16.6 Å². The van der Waals surface area contributed by atoms with Crippen LogP contribution in [0.2, 0.25) is 0 Å². The van der Waals surface area contributed by atoms with Crippen LogP contribution in [0, 0.1) is 0 Å². The fraction of sp³-hybridized carbons (Fsp3) is 0.0500. The van der Waals surface area contributed by atoms with Crippen molar-refractivity contribution in [3.63, 3.8) is 0 Å². The second kappa shape index (κ2) is 6.57. The van der Waals surface area contributed by atoms with Crippen molar-refractivity contribution in [2.24, 2.45) is 0 Å². The Hall–Kier alpha value is -3.47. The van der Waals surface area contributed by atoms with Crippen LogP contribution in [0.25, 0.3) is 11.0 Å². The smallest absolute Gasteiger partial charge is 0.252 e. The highest BCUT2D eigenvalue weighted by Gasteiger charge is 2.21. The summed E-state index contributed by atoms with van der Waals surface area (Å²) in [5.74, 6) is 0.534. The van der Waals surface area contributed by atoms with Crippen LogP contribution < -0.4 is 5.32 Å². The van der Waals surface area contributed by atoms with Crippen LogP contribution in [-0.2, 0) is 0 Å². The Balaban J connectivity index is 1.73. The quantitative estimate of drug-likeness (QED) is 0.602. The Morgan fingerprint density at radius 3 is 2.40 bits per heavy atom. The van der Waals surface area contributed by atoms with Gasteiger partial charge in [0, 0.05) is 18.0 Å². The van der Waals surface area contributed by atoms with Crippen LogP contribution in [0.3, 0.4) is 0 Å². The second-order valence-corrected chi connectivity index (χ2v) is 5.69. The molecule has 1 atom stereocenters. The SMILES string of the molecule is O=C(NC(c1ccccc1)c1nc2ccccc2[nH]1)c1ccncc1. The number of benzene rings is 2. The van der Waals surface area contributed by atoms with E-state index >= 15 is 0 Å². The van der Waals surface area contributed by atoms with E-state index in [1.54, 1.807) is 24.5 Å². The molecule has 0 radical (unpaired) electrons. The normalized spacial score (nSPS) is 12.0. The van der Waals surface area contributed by atoms with Crippen molar-refractivity contribution in [1.82, 2.24) is 20.3 Å². The minimum absolute atomic E-state index is 0.170. The number of aromatic amines is 1. The average molecular weight is 328 g/mol. The first-order chi connectivity index (χ1) is 12.3. The summed E-state index contributed by atoms with van der Waals surface area (Å²) in [6, 6.07) is 20.6. The van der Waals surface area contributed by atoms with Gasteiger partial charge in [-0.05, 0) is 29.8 Å². The molecule has 0 spiro atoms. The van der Waals surface area contributed by atoms with Crippen LogP contribution in [0.4, 0.5) is 0 Å². The number of rotatable bonds is 4. The summed E-state index contributed by atoms with van der Waals surface area (Å²) in [7, 11) is 0. The van der Waals surface area contributed by atoms with Crippen molar-refractivity contribution in [1.29, 1.82) is 0 Å². The molecule has 122 valence electrons. The van der Waals surface area contributed by atoms with E-state index in [9.17, 15) is 4.79 Å². The van der Waals surface area contributed by atoms with Gasteiger partial charge in [0.15, 0.2) is 0 Å². The van der Waals surface area contributed by atoms with Gasteiger partial charge in [0.25, 0.3) is 5.91 Å². The van der Waals surface area contributed by atoms with Gasteiger partial charge in [-0.25, -0.2) is 4.98 Å². The molecule has 1 amide bonds. The number of nitrogens with one attached hydrogen (secondary N) is 2. The lowest BCUT2D eigenvalue weighted by Crippen LogP contribution is -2.30. The van der Waals surface area contributed by atoms with E-state index in [2.05, 4.69) is 20.3 Å². The summed E-state index contributed by atoms with van der Waals surface area (Å²) in [5, 5.41) is 3.07. The third-order valence-electron chi connectivity index (χ3n) is 4.03. The van der Waals surface area contributed by atoms with Crippen molar-refractivity contribution in [2.75, 3.05) is 0 Å². The zero-order valence-corrected chi connectivity index (χ0v) is 13.4. The molecule has 0 saturated carbocycles. The molecule has 0 fully saturated rings. The van der Waals surface area contributed by atoms with Gasteiger partial charge in [0.05, 0.1) is 11.0 Å². The number of nitrogens with zero attached hydrogens (tertiary/aromatic N) is 2. The molecule has 0 bridgehead atoms. The van der Waals surface area contributed by atoms with Gasteiger partial charge in [0.2, 0.25) is 0 Å². The third-order valence-corrected chi connectivity index (χ3v) is 4.03. The first-order valence-corrected chi connectivity index (χ1v) is 8.02. The largest absolute Gasteiger partial charge is 0.340 e. The monoisotopic (exact) mass is 328 g/mol. The molecule has 5 heteroatoms. The molecule has 0 aliphatic heterocycles. The van der Waals surface area contributed by atoms with Crippen molar-refractivity contribution >= 4 is 16.9 Å². The van der Waals surface area contributed by atoms with E-state index in [4.69, 9.17) is 0 Å². The summed E-state index contributed by atoms with van der Waals surface area (Å²) in [4.78, 5) is 24.6. The maximum absolute atomic E-state index is 12.6. The van der Waals surface area contributed by atoms with Gasteiger partial charge >= 0.3 is 0 Å². The fourth-order valence-electron chi connectivity index (χ4n) is 2.78. The maximum atomic E-state index is 12.6. The van der Waals surface area contributed by atoms with Crippen LogP contribution in [0.1, 0.15) is 27.8 Å². The number of hydrogen-bond acceptors (Lipinski definition) is 3. The van der Waals surface area contributed by atoms with E-state index in [-0.39, 0.29) is 11.9 Å². The molecule has 4 aromatic rings. The zero-order valence-electron chi connectivity index (χ0n) is 13.4. The molecular weight excluding hydrogens is 312 g/mol. The van der Waals surface area contributed by atoms with Crippen LogP contribution in [0.5, 0.6) is 0 Å². The lowest BCUT2D eigenvalue weighted by molar-refractivity contribution is 0.0941. The van der Waals surface area contributed by atoms with Gasteiger partial charge < -0.3 is 10.3 Å². The first kappa shape index (κ1) is 15.1. The number of imidazole rings is 1. The Bertz CT molecular complexity index is 963. The predicted molar refractivity (Wildman–Crippen MR) is 96.1 cm³/mol. The van der Waals surface area contributed by atoms with E-state index < -0.39 is 0 Å². The second-order valence-electron chi connectivity index (χ2n) is 5.69. The summed E-state index contributed by atoms with van der Waals surface area (Å²) in [6.07, 6.45) is 3.21. The minimum atomic E-state index is -0.366. The van der Waals surface area contributed by atoms with Crippen molar-refractivity contribution < 1.29 is 4.79 Å². The number of para-hydroxylation sites is 2. The van der Waals surface area contributed by atoms with Gasteiger partial charge in [-0.1, -0.05) is 42.5 Å². The lowest BCUT2D eigenvalue weighted by atomic mass is 10.1.